The minimum absolute atomic E-state index is 0.0325. The van der Waals surface area contributed by atoms with Crippen LogP contribution in [0, 0.1) is 0 Å². The number of benzene rings is 1. The first-order valence-corrected chi connectivity index (χ1v) is 7.38. The Morgan fingerprint density at radius 3 is 1.79 bits per heavy atom. The summed E-state index contributed by atoms with van der Waals surface area (Å²) in [5, 5.41) is 0. The summed E-state index contributed by atoms with van der Waals surface area (Å²) in [5.41, 5.74) is 1.84. The minimum atomic E-state index is -0.489. The lowest BCUT2D eigenvalue weighted by molar-refractivity contribution is -0.147. The van der Waals surface area contributed by atoms with E-state index in [0.29, 0.717) is 11.1 Å². The van der Waals surface area contributed by atoms with E-state index in [4.69, 9.17) is 0 Å². The summed E-state index contributed by atoms with van der Waals surface area (Å²) in [4.78, 5) is 21.7. The normalized spacial score (nSPS) is 9.42. The van der Waals surface area contributed by atoms with E-state index >= 15 is 0 Å². The second kappa shape index (κ2) is 12.6. The predicted molar refractivity (Wildman–Crippen MR) is 97.2 cm³/mol. The van der Waals surface area contributed by atoms with Gasteiger partial charge in [-0.05, 0) is 19.4 Å². The molecule has 0 heterocycles. The maximum Gasteiger partial charge on any atom is 0.333 e. The van der Waals surface area contributed by atoms with Gasteiger partial charge in [-0.3, -0.25) is 0 Å². The van der Waals surface area contributed by atoms with Crippen molar-refractivity contribution in [1.29, 1.82) is 0 Å². The van der Waals surface area contributed by atoms with E-state index in [1.165, 1.54) is 5.56 Å². The lowest BCUT2D eigenvalue weighted by Gasteiger charge is -2.05. The van der Waals surface area contributed by atoms with Gasteiger partial charge in [-0.1, -0.05) is 68.3 Å². The number of rotatable bonds is 7. The first kappa shape index (κ1) is 21.1. The molecule has 0 atom stereocenters. The first-order chi connectivity index (χ1) is 11.4. The van der Waals surface area contributed by atoms with Gasteiger partial charge in [0.15, 0.2) is 0 Å². The van der Waals surface area contributed by atoms with Crippen LogP contribution >= 0.6 is 0 Å². The number of esters is 2. The van der Waals surface area contributed by atoms with E-state index < -0.39 is 11.9 Å². The van der Waals surface area contributed by atoms with Gasteiger partial charge in [0.25, 0.3) is 0 Å². The fourth-order valence-electron chi connectivity index (χ4n) is 1.26. The van der Waals surface area contributed by atoms with Crippen LogP contribution in [0.5, 0.6) is 0 Å². The molecule has 4 nitrogen and oxygen atoms in total. The Morgan fingerprint density at radius 2 is 1.42 bits per heavy atom. The zero-order chi connectivity index (χ0) is 18.4. The Morgan fingerprint density at radius 1 is 0.958 bits per heavy atom. The van der Waals surface area contributed by atoms with Crippen LogP contribution in [-0.4, -0.2) is 25.2 Å². The van der Waals surface area contributed by atoms with Gasteiger partial charge in [0.1, 0.15) is 13.2 Å². The van der Waals surface area contributed by atoms with E-state index in [9.17, 15) is 9.59 Å². The highest BCUT2D eigenvalue weighted by Gasteiger charge is 2.05. The molecule has 4 heteroatoms. The molecule has 0 saturated heterocycles. The van der Waals surface area contributed by atoms with Crippen LogP contribution < -0.4 is 0 Å². The molecule has 1 aromatic carbocycles. The Bertz CT molecular complexity index is 569. The summed E-state index contributed by atoms with van der Waals surface area (Å²) in [5.74, 6) is -0.979. The zero-order valence-corrected chi connectivity index (χ0v) is 14.3. The second-order valence-corrected chi connectivity index (χ2v) is 4.84. The van der Waals surface area contributed by atoms with Gasteiger partial charge in [0.05, 0.1) is 0 Å². The number of hydrogen-bond donors (Lipinski definition) is 0. The van der Waals surface area contributed by atoms with E-state index in [-0.39, 0.29) is 13.2 Å². The van der Waals surface area contributed by atoms with Crippen LogP contribution in [0.25, 0.3) is 6.08 Å². The monoisotopic (exact) mass is 328 g/mol. The molecule has 0 bridgehead atoms. The van der Waals surface area contributed by atoms with Crippen molar-refractivity contribution in [2.45, 2.75) is 13.8 Å². The Kier molecular flexibility index (Phi) is 11.1. The molecule has 0 fully saturated rings. The number of ether oxygens (including phenoxy) is 2. The molecule has 24 heavy (non-hydrogen) atoms. The van der Waals surface area contributed by atoms with Crippen LogP contribution in [0.4, 0.5) is 0 Å². The van der Waals surface area contributed by atoms with Crippen molar-refractivity contribution in [2.24, 2.45) is 0 Å². The summed E-state index contributed by atoms with van der Waals surface area (Å²) in [6, 6.07) is 10.1. The molecule has 0 aromatic heterocycles. The lowest BCUT2D eigenvalue weighted by atomic mass is 10.2. The van der Waals surface area contributed by atoms with Gasteiger partial charge in [-0.2, -0.15) is 0 Å². The number of allylic oxidation sites excluding steroid dienone is 2. The third kappa shape index (κ3) is 10.8. The van der Waals surface area contributed by atoms with Crippen molar-refractivity contribution in [1.82, 2.24) is 0 Å². The van der Waals surface area contributed by atoms with E-state index in [2.05, 4.69) is 41.3 Å². The highest BCUT2D eigenvalue weighted by atomic mass is 16.6. The van der Waals surface area contributed by atoms with Gasteiger partial charge in [-0.25, -0.2) is 9.59 Å². The minimum Gasteiger partial charge on any atom is -0.459 e. The summed E-state index contributed by atoms with van der Waals surface area (Å²) in [6.45, 7) is 13.5. The molecule has 0 aliphatic rings. The van der Waals surface area contributed by atoms with Crippen molar-refractivity contribution >= 4 is 18.0 Å². The summed E-state index contributed by atoms with van der Waals surface area (Å²) in [6.07, 6.45) is 5.72. The van der Waals surface area contributed by atoms with Gasteiger partial charge in [0, 0.05) is 11.1 Å². The van der Waals surface area contributed by atoms with E-state index in [1.807, 2.05) is 30.4 Å². The van der Waals surface area contributed by atoms with E-state index in [1.54, 1.807) is 19.9 Å². The molecule has 1 rings (SSSR count). The summed E-state index contributed by atoms with van der Waals surface area (Å²) >= 11 is 0. The fourth-order valence-corrected chi connectivity index (χ4v) is 1.26. The second-order valence-electron chi connectivity index (χ2n) is 4.84. The average molecular weight is 328 g/mol. The van der Waals surface area contributed by atoms with Gasteiger partial charge in [-0.15, -0.1) is 0 Å². The topological polar surface area (TPSA) is 52.6 Å². The third-order valence-electron chi connectivity index (χ3n) is 2.47. The maximum absolute atomic E-state index is 10.8. The van der Waals surface area contributed by atoms with Gasteiger partial charge < -0.3 is 9.47 Å². The molecular weight excluding hydrogens is 304 g/mol. The van der Waals surface area contributed by atoms with Crippen molar-refractivity contribution in [3.63, 3.8) is 0 Å². The Labute approximate surface area is 143 Å². The van der Waals surface area contributed by atoms with Crippen LogP contribution in [-0.2, 0) is 19.1 Å². The first-order valence-electron chi connectivity index (χ1n) is 7.38. The Hall–Kier alpha value is -2.88. The van der Waals surface area contributed by atoms with E-state index in [0.717, 1.165) is 0 Å². The SMILES string of the molecule is C=C(C)C(=O)OCCOC(=O)C(=C)C.C=CC=Cc1ccccc1. The van der Waals surface area contributed by atoms with Crippen LogP contribution in [0.2, 0.25) is 0 Å². The molecule has 0 radical (unpaired) electrons. The fraction of sp³-hybridized carbons (Fsp3) is 0.200. The molecule has 0 saturated carbocycles. The number of carbonyl (C=O) groups excluding carboxylic acids is 2. The molecule has 128 valence electrons. The number of hydrogen-bond acceptors (Lipinski definition) is 4. The van der Waals surface area contributed by atoms with Crippen molar-refractivity contribution in [3.8, 4) is 0 Å². The molecule has 0 aliphatic carbocycles. The molecule has 0 aliphatic heterocycles. The largest absolute Gasteiger partial charge is 0.459 e. The van der Waals surface area contributed by atoms with Crippen LogP contribution in [0.15, 0.2) is 73.4 Å². The van der Waals surface area contributed by atoms with Crippen LogP contribution in [0.3, 0.4) is 0 Å². The molecule has 0 unspecified atom stereocenters. The maximum atomic E-state index is 10.8. The number of carbonyl (C=O) groups is 2. The summed E-state index contributed by atoms with van der Waals surface area (Å²) < 4.78 is 9.38. The zero-order valence-electron chi connectivity index (χ0n) is 14.3. The van der Waals surface area contributed by atoms with Gasteiger partial charge in [0.2, 0.25) is 0 Å². The molecule has 1 aromatic rings. The predicted octanol–water partition coefficient (Wildman–Crippen LogP) is 4.11. The average Bonchev–Trinajstić information content (AvgIpc) is 2.57. The molecule has 0 spiro atoms. The Balaban J connectivity index is 0.000000463. The van der Waals surface area contributed by atoms with Crippen molar-refractivity contribution in [2.75, 3.05) is 13.2 Å². The highest BCUT2D eigenvalue weighted by molar-refractivity contribution is 5.87. The molecular formula is C20H24O4. The van der Waals surface area contributed by atoms with Crippen molar-refractivity contribution in [3.05, 3.63) is 78.9 Å². The van der Waals surface area contributed by atoms with Gasteiger partial charge >= 0.3 is 11.9 Å². The van der Waals surface area contributed by atoms with Crippen molar-refractivity contribution < 1.29 is 19.1 Å². The summed E-state index contributed by atoms with van der Waals surface area (Å²) in [7, 11) is 0. The highest BCUT2D eigenvalue weighted by Crippen LogP contribution is 2.00. The quantitative estimate of drug-likeness (QED) is 0.327. The molecule has 0 N–H and O–H groups in total. The molecule has 0 amide bonds. The smallest absolute Gasteiger partial charge is 0.333 e. The van der Waals surface area contributed by atoms with Crippen LogP contribution in [0.1, 0.15) is 19.4 Å². The third-order valence-corrected chi connectivity index (χ3v) is 2.47. The lowest BCUT2D eigenvalue weighted by Crippen LogP contribution is -2.14. The standard InChI is InChI=1S/C10H14O4.C10H10/c1-7(2)9(11)13-5-6-14-10(12)8(3)4;1-2-3-7-10-8-5-4-6-9-10/h1,3,5-6H2,2,4H3;2-9H,1H2.